The van der Waals surface area contributed by atoms with Gasteiger partial charge in [0.25, 0.3) is 0 Å². The van der Waals surface area contributed by atoms with Gasteiger partial charge in [-0.3, -0.25) is 4.90 Å². The van der Waals surface area contributed by atoms with Crippen LogP contribution in [-0.4, -0.2) is 37.2 Å². The van der Waals surface area contributed by atoms with Gasteiger partial charge in [0.15, 0.2) is 16.9 Å². The van der Waals surface area contributed by atoms with Gasteiger partial charge in [-0.15, -0.1) is 0 Å². The zero-order valence-electron chi connectivity index (χ0n) is 19.1. The van der Waals surface area contributed by atoms with E-state index in [1.54, 1.807) is 0 Å². The van der Waals surface area contributed by atoms with E-state index in [9.17, 15) is 15.8 Å². The van der Waals surface area contributed by atoms with E-state index in [-0.39, 0.29) is 23.3 Å². The van der Waals surface area contributed by atoms with E-state index in [0.29, 0.717) is 31.2 Å². The predicted molar refractivity (Wildman–Crippen MR) is 120 cm³/mol. The zero-order valence-corrected chi connectivity index (χ0v) is 19.1. The van der Waals surface area contributed by atoms with Gasteiger partial charge in [-0.2, -0.15) is 15.8 Å². The van der Waals surface area contributed by atoms with E-state index < -0.39 is 11.3 Å². The number of ether oxygens (including phenoxy) is 2. The summed E-state index contributed by atoms with van der Waals surface area (Å²) in [4.78, 5) is 2.23. The minimum atomic E-state index is -1.66. The highest BCUT2D eigenvalue weighted by molar-refractivity contribution is 5.60. The lowest BCUT2D eigenvalue weighted by Crippen LogP contribution is -2.48. The van der Waals surface area contributed by atoms with E-state index in [0.717, 1.165) is 17.7 Å². The van der Waals surface area contributed by atoms with Gasteiger partial charge >= 0.3 is 0 Å². The number of fused-ring (bicyclic) bond motifs is 1. The van der Waals surface area contributed by atoms with Crippen LogP contribution in [-0.2, 0) is 0 Å². The van der Waals surface area contributed by atoms with E-state index >= 15 is 0 Å². The second kappa shape index (κ2) is 9.35. The van der Waals surface area contributed by atoms with Gasteiger partial charge in [-0.05, 0) is 50.6 Å². The number of rotatable bonds is 6. The third-order valence-corrected chi connectivity index (χ3v) is 6.18. The third-order valence-electron chi connectivity index (χ3n) is 6.18. The molecule has 2 aliphatic rings. The first-order chi connectivity index (χ1) is 15.4. The van der Waals surface area contributed by atoms with Gasteiger partial charge < -0.3 is 15.2 Å². The van der Waals surface area contributed by atoms with E-state index in [1.807, 2.05) is 45.0 Å². The van der Waals surface area contributed by atoms with Crippen LogP contribution in [0.15, 0.2) is 41.1 Å². The Hall–Kier alpha value is -3.47. The summed E-state index contributed by atoms with van der Waals surface area (Å²) in [5.74, 6) is 0.390. The molecule has 1 heterocycles. The number of likely N-dealkylation sites (N-methyl/N-ethyl adjacent to an activating group) is 1. The van der Waals surface area contributed by atoms with Crippen LogP contribution < -0.4 is 15.2 Å². The minimum Gasteiger partial charge on any atom is -0.490 e. The Balaban J connectivity index is 2.26. The van der Waals surface area contributed by atoms with Crippen molar-refractivity contribution in [3.05, 3.63) is 46.7 Å². The van der Waals surface area contributed by atoms with Crippen molar-refractivity contribution in [3.63, 3.8) is 0 Å². The molecule has 0 radical (unpaired) electrons. The largest absolute Gasteiger partial charge is 0.490 e. The summed E-state index contributed by atoms with van der Waals surface area (Å²) in [6.45, 7) is 10.4. The first kappa shape index (κ1) is 23.2. The van der Waals surface area contributed by atoms with Crippen LogP contribution >= 0.6 is 0 Å². The molecule has 1 aromatic carbocycles. The molecule has 0 amide bonds. The Morgan fingerprint density at radius 2 is 1.91 bits per heavy atom. The van der Waals surface area contributed by atoms with Crippen molar-refractivity contribution in [3.8, 4) is 29.7 Å². The summed E-state index contributed by atoms with van der Waals surface area (Å²) in [5.41, 5.74) is 6.60. The molecule has 0 spiro atoms. The summed E-state index contributed by atoms with van der Waals surface area (Å²) in [6, 6.07) is 12.1. The molecule has 0 aromatic heterocycles. The van der Waals surface area contributed by atoms with Gasteiger partial charge in [0.05, 0.1) is 36.1 Å². The molecule has 7 heteroatoms. The number of benzene rings is 1. The summed E-state index contributed by atoms with van der Waals surface area (Å²) in [5, 5.41) is 30.3. The van der Waals surface area contributed by atoms with Gasteiger partial charge in [-0.25, -0.2) is 0 Å². The Labute approximate surface area is 189 Å². The summed E-state index contributed by atoms with van der Waals surface area (Å²) >= 11 is 0. The van der Waals surface area contributed by atoms with Gasteiger partial charge in [0.1, 0.15) is 6.07 Å². The smallest absolute Gasteiger partial charge is 0.191 e. The third kappa shape index (κ3) is 3.79. The standard InChI is InChI=1S/C25H29N5O2/c1-5-30-10-9-18-19(12-26)24(29)25(14-27,15-28)23(20(18)13-30)17-7-8-21(32-16(3)4)22(11-17)31-6-2/h7-9,11,16,20,23H,5-6,10,13,29H2,1-4H3/t20-,23-/m1/s1. The van der Waals surface area contributed by atoms with Gasteiger partial charge in [0.2, 0.25) is 0 Å². The number of allylic oxidation sites excluding steroid dienone is 2. The highest BCUT2D eigenvalue weighted by atomic mass is 16.5. The van der Waals surface area contributed by atoms with Crippen LogP contribution in [0.5, 0.6) is 11.5 Å². The van der Waals surface area contributed by atoms with Crippen LogP contribution in [0.25, 0.3) is 0 Å². The van der Waals surface area contributed by atoms with Crippen LogP contribution in [0.2, 0.25) is 0 Å². The Bertz CT molecular complexity index is 1050. The van der Waals surface area contributed by atoms with Crippen molar-refractivity contribution in [1.82, 2.24) is 4.90 Å². The lowest BCUT2D eigenvalue weighted by molar-refractivity contribution is 0.212. The maximum atomic E-state index is 10.2. The highest BCUT2D eigenvalue weighted by Crippen LogP contribution is 2.54. The van der Waals surface area contributed by atoms with Crippen molar-refractivity contribution in [2.45, 2.75) is 39.7 Å². The van der Waals surface area contributed by atoms with Gasteiger partial charge in [0, 0.05) is 24.9 Å². The van der Waals surface area contributed by atoms with E-state index in [1.165, 1.54) is 0 Å². The molecule has 3 rings (SSSR count). The molecule has 166 valence electrons. The second-order valence-electron chi connectivity index (χ2n) is 8.33. The van der Waals surface area contributed by atoms with Crippen molar-refractivity contribution in [1.29, 1.82) is 15.8 Å². The topological polar surface area (TPSA) is 119 Å². The SMILES string of the molecule is CCOc1cc([C@@H]2[C@@H]3CN(CC)CC=C3C(C#N)=C(N)C2(C#N)C#N)ccc1OC(C)C. The number of hydrogen-bond donors (Lipinski definition) is 1. The van der Waals surface area contributed by atoms with Crippen LogP contribution in [0, 0.1) is 45.3 Å². The molecular weight excluding hydrogens is 402 g/mol. The Kier molecular flexibility index (Phi) is 6.78. The summed E-state index contributed by atoms with van der Waals surface area (Å²) in [6.07, 6.45) is 1.98. The van der Waals surface area contributed by atoms with Crippen LogP contribution in [0.3, 0.4) is 0 Å². The average molecular weight is 432 g/mol. The minimum absolute atomic E-state index is 0.0305. The molecule has 1 aliphatic heterocycles. The monoisotopic (exact) mass is 431 g/mol. The van der Waals surface area contributed by atoms with Crippen molar-refractivity contribution in [2.75, 3.05) is 26.2 Å². The first-order valence-electron chi connectivity index (χ1n) is 11.0. The van der Waals surface area contributed by atoms with Crippen molar-refractivity contribution >= 4 is 0 Å². The van der Waals surface area contributed by atoms with E-state index in [2.05, 4.69) is 30.0 Å². The van der Waals surface area contributed by atoms with Crippen LogP contribution in [0.4, 0.5) is 0 Å². The molecule has 0 fully saturated rings. The lowest BCUT2D eigenvalue weighted by Gasteiger charge is -2.45. The number of hydrogen-bond acceptors (Lipinski definition) is 7. The zero-order chi connectivity index (χ0) is 23.5. The maximum Gasteiger partial charge on any atom is 0.191 e. The maximum absolute atomic E-state index is 10.2. The fourth-order valence-electron chi connectivity index (χ4n) is 4.71. The van der Waals surface area contributed by atoms with Gasteiger partial charge in [-0.1, -0.05) is 19.1 Å². The highest BCUT2D eigenvalue weighted by Gasteiger charge is 2.54. The molecular formula is C25H29N5O2. The fraction of sp³-hybridized carbons (Fsp3) is 0.480. The Morgan fingerprint density at radius 3 is 2.47 bits per heavy atom. The first-order valence-corrected chi connectivity index (χ1v) is 11.0. The molecule has 0 unspecified atom stereocenters. The average Bonchev–Trinajstić information content (AvgIpc) is 2.79. The van der Waals surface area contributed by atoms with E-state index in [4.69, 9.17) is 15.2 Å². The molecule has 0 saturated carbocycles. The number of nitriles is 3. The second-order valence-corrected chi connectivity index (χ2v) is 8.33. The quantitative estimate of drug-likeness (QED) is 0.730. The molecule has 1 aromatic rings. The molecule has 2 N–H and O–H groups in total. The molecule has 1 aliphatic carbocycles. The summed E-state index contributed by atoms with van der Waals surface area (Å²) < 4.78 is 11.7. The fourth-order valence-corrected chi connectivity index (χ4v) is 4.71. The predicted octanol–water partition coefficient (Wildman–Crippen LogP) is 3.62. The van der Waals surface area contributed by atoms with Crippen LogP contribution in [0.1, 0.15) is 39.2 Å². The molecule has 0 bridgehead atoms. The number of nitrogens with zero attached hydrogens (tertiary/aromatic N) is 4. The summed E-state index contributed by atoms with van der Waals surface area (Å²) in [7, 11) is 0. The van der Waals surface area contributed by atoms with Crippen molar-refractivity contribution < 1.29 is 9.47 Å². The lowest BCUT2D eigenvalue weighted by atomic mass is 9.58. The Morgan fingerprint density at radius 1 is 1.19 bits per heavy atom. The molecule has 0 saturated heterocycles. The molecule has 2 atom stereocenters. The normalized spacial score (nSPS) is 22.2. The number of nitrogens with two attached hydrogens (primary N) is 1. The molecule has 7 nitrogen and oxygen atoms in total. The van der Waals surface area contributed by atoms with Crippen molar-refractivity contribution in [2.24, 2.45) is 17.1 Å². The molecule has 32 heavy (non-hydrogen) atoms.